The standard InChI is InChI=1S/C28H30N2O5S2/c1-6-10-18(2)22-14-13-20(34-22)16-23-25(32)30(27(36)37-23)17-24(31)29-21(26(33)35-28(3,4)5)15-19-11-8-7-9-12-19/h6-14,16,21H,1,15,17H2,2-5H3,(H,29,31)/b18-10+,23-16-. The molecule has 7 nitrogen and oxygen atoms in total. The molecule has 0 radical (unpaired) electrons. The first-order valence-electron chi connectivity index (χ1n) is 11.7. The maximum atomic E-state index is 13.0. The Labute approximate surface area is 226 Å². The molecular weight excluding hydrogens is 508 g/mol. The Bertz CT molecular complexity index is 1250. The van der Waals surface area contributed by atoms with E-state index in [-0.39, 0.29) is 17.3 Å². The molecule has 1 aromatic carbocycles. The van der Waals surface area contributed by atoms with Gasteiger partial charge in [0.2, 0.25) is 5.91 Å². The second kappa shape index (κ2) is 12.2. The number of furan rings is 1. The van der Waals surface area contributed by atoms with Gasteiger partial charge < -0.3 is 14.5 Å². The van der Waals surface area contributed by atoms with Crippen LogP contribution in [0.15, 0.2) is 70.5 Å². The van der Waals surface area contributed by atoms with E-state index in [1.54, 1.807) is 45.1 Å². The zero-order chi connectivity index (χ0) is 27.2. The van der Waals surface area contributed by atoms with E-state index in [2.05, 4.69) is 11.9 Å². The molecule has 194 valence electrons. The number of carbonyl (C=O) groups excluding carboxylic acids is 3. The van der Waals surface area contributed by atoms with Crippen LogP contribution in [0.2, 0.25) is 0 Å². The van der Waals surface area contributed by atoms with Gasteiger partial charge in [-0.3, -0.25) is 14.5 Å². The van der Waals surface area contributed by atoms with Crippen LogP contribution in [0.25, 0.3) is 11.6 Å². The predicted octanol–water partition coefficient (Wildman–Crippen LogP) is 5.14. The van der Waals surface area contributed by atoms with Crippen molar-refractivity contribution in [3.05, 3.63) is 83.2 Å². The molecule has 1 N–H and O–H groups in total. The van der Waals surface area contributed by atoms with E-state index in [9.17, 15) is 14.4 Å². The lowest BCUT2D eigenvalue weighted by Gasteiger charge is -2.25. The predicted molar refractivity (Wildman–Crippen MR) is 150 cm³/mol. The summed E-state index contributed by atoms with van der Waals surface area (Å²) in [5.41, 5.74) is 1.04. The molecule has 37 heavy (non-hydrogen) atoms. The summed E-state index contributed by atoms with van der Waals surface area (Å²) in [4.78, 5) is 40.3. The van der Waals surface area contributed by atoms with Gasteiger partial charge in [0.05, 0.1) is 4.91 Å². The summed E-state index contributed by atoms with van der Waals surface area (Å²) in [7, 11) is 0. The molecule has 1 aliphatic rings. The largest absolute Gasteiger partial charge is 0.458 e. The summed E-state index contributed by atoms with van der Waals surface area (Å²) in [6.07, 6.45) is 5.34. The summed E-state index contributed by atoms with van der Waals surface area (Å²) < 4.78 is 11.5. The van der Waals surface area contributed by atoms with Gasteiger partial charge in [-0.1, -0.05) is 73.0 Å². The van der Waals surface area contributed by atoms with Crippen LogP contribution in [0.1, 0.15) is 44.8 Å². The highest BCUT2D eigenvalue weighted by Crippen LogP contribution is 2.33. The van der Waals surface area contributed by atoms with Crippen molar-refractivity contribution >= 4 is 57.7 Å². The van der Waals surface area contributed by atoms with Crippen LogP contribution in [0.4, 0.5) is 0 Å². The summed E-state index contributed by atoms with van der Waals surface area (Å²) in [6.45, 7) is 10.5. The fraction of sp³-hybridized carbons (Fsp3) is 0.286. The Kier molecular flexibility index (Phi) is 9.29. The van der Waals surface area contributed by atoms with E-state index in [1.807, 2.05) is 43.3 Å². The van der Waals surface area contributed by atoms with Crippen molar-refractivity contribution in [1.29, 1.82) is 0 Å². The van der Waals surface area contributed by atoms with Crippen molar-refractivity contribution < 1.29 is 23.5 Å². The molecule has 1 aromatic heterocycles. The third-order valence-corrected chi connectivity index (χ3v) is 6.52. The van der Waals surface area contributed by atoms with Crippen LogP contribution >= 0.6 is 24.0 Å². The summed E-state index contributed by atoms with van der Waals surface area (Å²) in [5.74, 6) is -0.324. The molecule has 0 saturated carbocycles. The van der Waals surface area contributed by atoms with Gasteiger partial charge in [-0.2, -0.15) is 0 Å². The average molecular weight is 539 g/mol. The van der Waals surface area contributed by atoms with Crippen molar-refractivity contribution in [3.8, 4) is 0 Å². The Hall–Kier alpha value is -3.43. The Balaban J connectivity index is 1.70. The SMILES string of the molecule is C=C/C=C(\C)c1ccc(/C=C2\SC(=S)N(CC(=O)NC(Cc3ccccc3)C(=O)OC(C)(C)C)C2=O)o1. The molecule has 0 bridgehead atoms. The monoisotopic (exact) mass is 538 g/mol. The molecule has 1 fully saturated rings. The number of nitrogens with zero attached hydrogens (tertiary/aromatic N) is 1. The number of allylic oxidation sites excluding steroid dienone is 3. The molecule has 2 heterocycles. The van der Waals surface area contributed by atoms with Gasteiger partial charge in [0.25, 0.3) is 5.91 Å². The highest BCUT2D eigenvalue weighted by molar-refractivity contribution is 8.26. The van der Waals surface area contributed by atoms with Crippen molar-refractivity contribution in [2.45, 2.75) is 45.8 Å². The van der Waals surface area contributed by atoms with Gasteiger partial charge >= 0.3 is 5.97 Å². The molecule has 3 rings (SSSR count). The molecule has 0 aliphatic carbocycles. The van der Waals surface area contributed by atoms with Gasteiger partial charge in [0, 0.05) is 12.5 Å². The minimum Gasteiger partial charge on any atom is -0.458 e. The fourth-order valence-corrected chi connectivity index (χ4v) is 4.70. The number of nitrogens with one attached hydrogen (secondary N) is 1. The molecule has 1 atom stereocenters. The van der Waals surface area contributed by atoms with Gasteiger partial charge in [0.1, 0.15) is 34.0 Å². The van der Waals surface area contributed by atoms with Crippen molar-refractivity contribution in [2.24, 2.45) is 0 Å². The molecule has 9 heteroatoms. The molecule has 1 unspecified atom stereocenters. The van der Waals surface area contributed by atoms with Gasteiger partial charge in [-0.05, 0) is 51.0 Å². The van der Waals surface area contributed by atoms with Crippen LogP contribution in [0, 0.1) is 0 Å². The third kappa shape index (κ3) is 8.03. The number of carbonyl (C=O) groups is 3. The number of thiocarbonyl (C=S) groups is 1. The number of amides is 2. The van der Waals surface area contributed by atoms with Crippen LogP contribution in [-0.4, -0.2) is 45.2 Å². The smallest absolute Gasteiger partial charge is 0.329 e. The first-order chi connectivity index (χ1) is 17.5. The van der Waals surface area contributed by atoms with E-state index in [0.717, 1.165) is 22.9 Å². The van der Waals surface area contributed by atoms with Crippen LogP contribution in [0.5, 0.6) is 0 Å². The average Bonchev–Trinajstić information content (AvgIpc) is 3.39. The van der Waals surface area contributed by atoms with E-state index >= 15 is 0 Å². The van der Waals surface area contributed by atoms with E-state index in [4.69, 9.17) is 21.4 Å². The Morgan fingerprint density at radius 3 is 2.57 bits per heavy atom. The van der Waals surface area contributed by atoms with Crippen LogP contribution in [0.3, 0.4) is 0 Å². The third-order valence-electron chi connectivity index (χ3n) is 5.14. The summed E-state index contributed by atoms with van der Waals surface area (Å²) in [5, 5.41) is 2.72. The quantitative estimate of drug-likeness (QED) is 0.205. The van der Waals surface area contributed by atoms with E-state index in [0.29, 0.717) is 16.4 Å². The van der Waals surface area contributed by atoms with Crippen molar-refractivity contribution in [3.63, 3.8) is 0 Å². The number of thioether (sulfide) groups is 1. The van der Waals surface area contributed by atoms with Crippen LogP contribution < -0.4 is 5.32 Å². The number of esters is 1. The number of ether oxygens (including phenoxy) is 1. The topological polar surface area (TPSA) is 88.9 Å². The van der Waals surface area contributed by atoms with Gasteiger partial charge in [-0.25, -0.2) is 4.79 Å². The lowest BCUT2D eigenvalue weighted by molar-refractivity contribution is -0.158. The fourth-order valence-electron chi connectivity index (χ4n) is 3.47. The molecule has 0 spiro atoms. The van der Waals surface area contributed by atoms with Gasteiger partial charge in [-0.15, -0.1) is 0 Å². The number of rotatable bonds is 9. The minimum absolute atomic E-state index is 0.248. The first kappa shape index (κ1) is 28.1. The van der Waals surface area contributed by atoms with Crippen molar-refractivity contribution in [1.82, 2.24) is 10.2 Å². The number of hydrogen-bond acceptors (Lipinski definition) is 7. The molecular formula is C28H30N2O5S2. The second-order valence-corrected chi connectivity index (χ2v) is 11.1. The summed E-state index contributed by atoms with van der Waals surface area (Å²) in [6, 6.07) is 12.0. The highest BCUT2D eigenvalue weighted by atomic mass is 32.2. The first-order valence-corrected chi connectivity index (χ1v) is 12.9. The maximum Gasteiger partial charge on any atom is 0.329 e. The number of benzene rings is 1. The molecule has 1 aliphatic heterocycles. The van der Waals surface area contributed by atoms with Gasteiger partial charge in [0.15, 0.2) is 0 Å². The summed E-state index contributed by atoms with van der Waals surface area (Å²) >= 11 is 6.45. The Morgan fingerprint density at radius 2 is 1.92 bits per heavy atom. The maximum absolute atomic E-state index is 13.0. The van der Waals surface area contributed by atoms with Crippen molar-refractivity contribution in [2.75, 3.05) is 6.54 Å². The highest BCUT2D eigenvalue weighted by Gasteiger charge is 2.35. The van der Waals surface area contributed by atoms with E-state index in [1.165, 1.54) is 4.90 Å². The zero-order valence-corrected chi connectivity index (χ0v) is 22.9. The zero-order valence-electron chi connectivity index (χ0n) is 21.3. The normalized spacial score (nSPS) is 16.2. The lowest BCUT2D eigenvalue weighted by atomic mass is 10.1. The lowest BCUT2D eigenvalue weighted by Crippen LogP contribution is -2.49. The second-order valence-electron chi connectivity index (χ2n) is 9.40. The molecule has 1 saturated heterocycles. The molecule has 2 aromatic rings. The van der Waals surface area contributed by atoms with Crippen LogP contribution in [-0.2, 0) is 25.5 Å². The minimum atomic E-state index is -0.920. The van der Waals surface area contributed by atoms with E-state index < -0.39 is 29.4 Å². The number of hydrogen-bond donors (Lipinski definition) is 1. The molecule has 2 amide bonds. The Morgan fingerprint density at radius 1 is 1.22 bits per heavy atom.